The molecule has 0 aromatic heterocycles. The van der Waals surface area contributed by atoms with Crippen molar-refractivity contribution in [2.45, 2.75) is 17.9 Å². The normalized spacial score (nSPS) is 12.4. The number of carbonyl (C=O) groups excluding carboxylic acids is 1. The fourth-order valence-corrected chi connectivity index (χ4v) is 3.19. The van der Waals surface area contributed by atoms with Gasteiger partial charge in [-0.05, 0) is 37.3 Å². The van der Waals surface area contributed by atoms with Crippen LogP contribution in [0.3, 0.4) is 0 Å². The summed E-state index contributed by atoms with van der Waals surface area (Å²) in [5, 5.41) is 10.9. The van der Waals surface area contributed by atoms with E-state index in [2.05, 4.69) is 5.32 Å². The van der Waals surface area contributed by atoms with Gasteiger partial charge in [0.2, 0.25) is 10.0 Å². The van der Waals surface area contributed by atoms with Crippen LogP contribution in [0.15, 0.2) is 41.3 Å². The Hall–Kier alpha value is -2.92. The molecule has 0 radical (unpaired) electrons. The van der Waals surface area contributed by atoms with E-state index in [4.69, 9.17) is 5.11 Å². The molecule has 0 fully saturated rings. The molecule has 0 saturated carbocycles. The van der Waals surface area contributed by atoms with Gasteiger partial charge in [0.05, 0.1) is 10.5 Å². The van der Waals surface area contributed by atoms with Gasteiger partial charge in [0, 0.05) is 11.8 Å². The number of anilines is 1. The molecule has 2 rings (SSSR count). The van der Waals surface area contributed by atoms with Crippen LogP contribution in [0.1, 0.15) is 17.3 Å². The number of sulfonamides is 1. The van der Waals surface area contributed by atoms with E-state index in [-0.39, 0.29) is 5.69 Å². The van der Waals surface area contributed by atoms with Crippen LogP contribution in [0, 0.1) is 17.5 Å². The lowest BCUT2D eigenvalue weighted by Crippen LogP contribution is -2.38. The summed E-state index contributed by atoms with van der Waals surface area (Å²) in [4.78, 5) is 22.4. The maximum atomic E-state index is 13.9. The maximum absolute atomic E-state index is 13.9. The average molecular weight is 402 g/mol. The van der Waals surface area contributed by atoms with Gasteiger partial charge in [0.15, 0.2) is 11.6 Å². The molecule has 0 saturated heterocycles. The predicted octanol–water partition coefficient (Wildman–Crippen LogP) is 2.11. The summed E-state index contributed by atoms with van der Waals surface area (Å²) in [5.41, 5.74) is -0.866. The number of hydrogen-bond acceptors (Lipinski definition) is 4. The monoisotopic (exact) mass is 402 g/mol. The van der Waals surface area contributed by atoms with Crippen molar-refractivity contribution in [2.24, 2.45) is 0 Å². The highest BCUT2D eigenvalue weighted by Gasteiger charge is 2.24. The van der Waals surface area contributed by atoms with E-state index in [0.29, 0.717) is 18.2 Å². The summed E-state index contributed by atoms with van der Waals surface area (Å²) >= 11 is 0. The van der Waals surface area contributed by atoms with Gasteiger partial charge >= 0.3 is 5.97 Å². The van der Waals surface area contributed by atoms with E-state index < -0.39 is 55.9 Å². The smallest absolute Gasteiger partial charge is 0.321 e. The second-order valence-corrected chi connectivity index (χ2v) is 7.12. The maximum Gasteiger partial charge on any atom is 0.321 e. The summed E-state index contributed by atoms with van der Waals surface area (Å²) in [6, 6.07) is 3.24. The molecule has 27 heavy (non-hydrogen) atoms. The van der Waals surface area contributed by atoms with E-state index in [1.165, 1.54) is 0 Å². The lowest BCUT2D eigenvalue weighted by Gasteiger charge is -2.12. The summed E-state index contributed by atoms with van der Waals surface area (Å²) in [7, 11) is -4.35. The minimum atomic E-state index is -4.35. The zero-order valence-electron chi connectivity index (χ0n) is 13.7. The van der Waals surface area contributed by atoms with Crippen LogP contribution in [0.5, 0.6) is 0 Å². The molecule has 0 spiro atoms. The molecule has 0 heterocycles. The zero-order chi connectivity index (χ0) is 20.4. The molecule has 11 heteroatoms. The molecule has 3 N–H and O–H groups in total. The number of carboxylic acid groups (broad SMARTS) is 1. The Morgan fingerprint density at radius 2 is 1.63 bits per heavy atom. The summed E-state index contributed by atoms with van der Waals surface area (Å²) < 4.78 is 66.2. The van der Waals surface area contributed by atoms with Crippen LogP contribution >= 0.6 is 0 Å². The van der Waals surface area contributed by atoms with Gasteiger partial charge in [-0.15, -0.1) is 0 Å². The molecule has 144 valence electrons. The van der Waals surface area contributed by atoms with Crippen LogP contribution in [-0.4, -0.2) is 31.4 Å². The number of hydrogen-bond donors (Lipinski definition) is 3. The lowest BCUT2D eigenvalue weighted by molar-refractivity contribution is -0.138. The number of carboxylic acids is 1. The predicted molar refractivity (Wildman–Crippen MR) is 88.1 cm³/mol. The number of carbonyl (C=O) groups is 2. The number of nitrogens with one attached hydrogen (secondary N) is 2. The molecule has 2 aromatic rings. The summed E-state index contributed by atoms with van der Waals surface area (Å²) in [5.74, 6) is -6.00. The first-order valence-corrected chi connectivity index (χ1v) is 8.80. The van der Waals surface area contributed by atoms with Crippen molar-refractivity contribution in [2.75, 3.05) is 5.32 Å². The number of benzene rings is 2. The molecule has 0 aliphatic rings. The highest BCUT2D eigenvalue weighted by Crippen LogP contribution is 2.19. The second-order valence-electron chi connectivity index (χ2n) is 5.41. The second kappa shape index (κ2) is 7.76. The minimum Gasteiger partial charge on any atom is -0.480 e. The molecule has 0 aliphatic heterocycles. The Balaban J connectivity index is 2.32. The Kier molecular flexibility index (Phi) is 5.86. The lowest BCUT2D eigenvalue weighted by atomic mass is 10.2. The third-order valence-electron chi connectivity index (χ3n) is 3.37. The van der Waals surface area contributed by atoms with E-state index in [0.717, 1.165) is 25.1 Å². The number of amides is 1. The zero-order valence-corrected chi connectivity index (χ0v) is 14.5. The van der Waals surface area contributed by atoms with Crippen molar-refractivity contribution in [1.29, 1.82) is 0 Å². The van der Waals surface area contributed by atoms with Gasteiger partial charge in [-0.25, -0.2) is 21.6 Å². The van der Waals surface area contributed by atoms with Gasteiger partial charge in [0.25, 0.3) is 5.91 Å². The van der Waals surface area contributed by atoms with Crippen molar-refractivity contribution in [3.8, 4) is 0 Å². The molecule has 2 aromatic carbocycles. The van der Waals surface area contributed by atoms with Gasteiger partial charge in [-0.3, -0.25) is 9.59 Å². The fraction of sp³-hybridized carbons (Fsp3) is 0.125. The minimum absolute atomic E-state index is 0.177. The fourth-order valence-electron chi connectivity index (χ4n) is 1.97. The molecule has 0 unspecified atom stereocenters. The molecular weight excluding hydrogens is 389 g/mol. The Morgan fingerprint density at radius 1 is 1.00 bits per heavy atom. The Morgan fingerprint density at radius 3 is 2.22 bits per heavy atom. The highest BCUT2D eigenvalue weighted by atomic mass is 32.2. The van der Waals surface area contributed by atoms with Crippen LogP contribution in [-0.2, 0) is 14.8 Å². The average Bonchev–Trinajstić information content (AvgIpc) is 2.57. The van der Waals surface area contributed by atoms with Crippen molar-refractivity contribution >= 4 is 27.6 Å². The molecular formula is C16H13F3N2O5S. The topological polar surface area (TPSA) is 113 Å². The van der Waals surface area contributed by atoms with Crippen molar-refractivity contribution in [3.63, 3.8) is 0 Å². The molecule has 1 atom stereocenters. The largest absolute Gasteiger partial charge is 0.480 e. The third-order valence-corrected chi connectivity index (χ3v) is 4.91. The van der Waals surface area contributed by atoms with Gasteiger partial charge < -0.3 is 10.4 Å². The van der Waals surface area contributed by atoms with Crippen molar-refractivity contribution < 1.29 is 36.3 Å². The van der Waals surface area contributed by atoms with E-state index in [1.54, 1.807) is 0 Å². The first kappa shape index (κ1) is 20.4. The standard InChI is InChI=1S/C16H13F3N2O5S/c1-8(16(23)24)21-27(25,26)10-3-5-12(17)11(7-10)15(22)20-9-2-4-13(18)14(19)6-9/h2-8,21H,1H3,(H,20,22)(H,23,24)/t8-/m1/s1. The van der Waals surface area contributed by atoms with Crippen molar-refractivity contribution in [1.82, 2.24) is 4.72 Å². The Labute approximate surface area is 151 Å². The molecule has 0 aliphatic carbocycles. The van der Waals surface area contributed by atoms with Crippen LogP contribution in [0.4, 0.5) is 18.9 Å². The van der Waals surface area contributed by atoms with Gasteiger partial charge in [-0.1, -0.05) is 0 Å². The first-order chi connectivity index (χ1) is 12.5. The van der Waals surface area contributed by atoms with E-state index >= 15 is 0 Å². The van der Waals surface area contributed by atoms with Gasteiger partial charge in [0.1, 0.15) is 11.9 Å². The number of halogens is 3. The number of aliphatic carboxylic acids is 1. The first-order valence-electron chi connectivity index (χ1n) is 7.32. The van der Waals surface area contributed by atoms with E-state index in [1.807, 2.05) is 4.72 Å². The quantitative estimate of drug-likeness (QED) is 0.685. The van der Waals surface area contributed by atoms with Crippen LogP contribution in [0.25, 0.3) is 0 Å². The summed E-state index contributed by atoms with van der Waals surface area (Å²) in [6.07, 6.45) is 0. The highest BCUT2D eigenvalue weighted by molar-refractivity contribution is 7.89. The number of rotatable bonds is 6. The van der Waals surface area contributed by atoms with Gasteiger partial charge in [-0.2, -0.15) is 4.72 Å². The molecule has 7 nitrogen and oxygen atoms in total. The van der Waals surface area contributed by atoms with Crippen LogP contribution < -0.4 is 10.0 Å². The SMILES string of the molecule is C[C@@H](NS(=O)(=O)c1ccc(F)c(C(=O)Nc2ccc(F)c(F)c2)c1)C(=O)O. The van der Waals surface area contributed by atoms with E-state index in [9.17, 15) is 31.2 Å². The molecule has 0 bridgehead atoms. The third kappa shape index (κ3) is 4.83. The Bertz CT molecular complexity index is 1010. The van der Waals surface area contributed by atoms with Crippen molar-refractivity contribution in [3.05, 3.63) is 59.4 Å². The molecule has 1 amide bonds. The summed E-state index contributed by atoms with van der Waals surface area (Å²) in [6.45, 7) is 1.08. The van der Waals surface area contributed by atoms with Crippen LogP contribution in [0.2, 0.25) is 0 Å².